The molecule has 0 radical (unpaired) electrons. The summed E-state index contributed by atoms with van der Waals surface area (Å²) in [6.07, 6.45) is 1.52. The maximum Gasteiger partial charge on any atom is 0.258 e. The van der Waals surface area contributed by atoms with Gasteiger partial charge < -0.3 is 31.1 Å². The summed E-state index contributed by atoms with van der Waals surface area (Å²) < 4.78 is 6.50. The molecule has 1 fully saturated rings. The molecule has 3 aromatic carbocycles. The van der Waals surface area contributed by atoms with Crippen LogP contribution in [0.3, 0.4) is 0 Å². The first-order valence-corrected chi connectivity index (χ1v) is 15.1. The molecule has 1 aliphatic heterocycles. The van der Waals surface area contributed by atoms with Gasteiger partial charge in [-0.1, -0.05) is 31.2 Å². The monoisotopic (exact) mass is 599 g/mol. The van der Waals surface area contributed by atoms with Crippen LogP contribution in [0.15, 0.2) is 66.7 Å². The van der Waals surface area contributed by atoms with Crippen LogP contribution < -0.4 is 21.1 Å². The lowest BCUT2D eigenvalue weighted by Crippen LogP contribution is -2.49. The van der Waals surface area contributed by atoms with E-state index < -0.39 is 0 Å². The van der Waals surface area contributed by atoms with Crippen molar-refractivity contribution in [3.8, 4) is 5.75 Å². The van der Waals surface area contributed by atoms with E-state index in [1.54, 1.807) is 47.4 Å². The molecule has 0 saturated heterocycles. The first-order chi connectivity index (χ1) is 21.1. The van der Waals surface area contributed by atoms with Gasteiger partial charge in [0, 0.05) is 42.7 Å². The maximum absolute atomic E-state index is 13.7. The zero-order valence-electron chi connectivity index (χ0n) is 25.5. The number of nitrogens with zero attached hydrogens (tertiary/aromatic N) is 2. The lowest BCUT2D eigenvalue weighted by Gasteiger charge is -2.38. The van der Waals surface area contributed by atoms with Crippen LogP contribution in [0.25, 0.3) is 0 Å². The zero-order valence-corrected chi connectivity index (χ0v) is 25.5. The first-order valence-electron chi connectivity index (χ1n) is 15.1. The van der Waals surface area contributed by atoms with Crippen molar-refractivity contribution in [1.82, 2.24) is 9.80 Å². The molecule has 1 saturated carbocycles. The van der Waals surface area contributed by atoms with E-state index in [2.05, 4.69) is 15.5 Å². The molecule has 5 N–H and O–H groups in total. The van der Waals surface area contributed by atoms with Gasteiger partial charge in [-0.2, -0.15) is 0 Å². The number of aliphatic hydroxyl groups is 1. The highest BCUT2D eigenvalue weighted by atomic mass is 16.5. The molecule has 3 aromatic rings. The normalized spacial score (nSPS) is 18.9. The summed E-state index contributed by atoms with van der Waals surface area (Å²) in [5.74, 6) is -0.0419. The zero-order chi connectivity index (χ0) is 31.4. The van der Waals surface area contributed by atoms with Gasteiger partial charge in [0.05, 0.1) is 29.6 Å². The Bertz CT molecular complexity index is 1510. The van der Waals surface area contributed by atoms with E-state index in [4.69, 9.17) is 10.5 Å². The van der Waals surface area contributed by atoms with Crippen LogP contribution in [0, 0.1) is 11.8 Å². The Morgan fingerprint density at radius 1 is 1.09 bits per heavy atom. The van der Waals surface area contributed by atoms with Crippen molar-refractivity contribution in [1.29, 1.82) is 0 Å². The van der Waals surface area contributed by atoms with Crippen LogP contribution in [-0.2, 0) is 11.3 Å². The summed E-state index contributed by atoms with van der Waals surface area (Å²) in [7, 11) is 2.00. The van der Waals surface area contributed by atoms with Gasteiger partial charge >= 0.3 is 0 Å². The van der Waals surface area contributed by atoms with Gasteiger partial charge in [0.2, 0.25) is 5.91 Å². The van der Waals surface area contributed by atoms with Crippen molar-refractivity contribution in [3.63, 3.8) is 0 Å². The molecule has 3 atom stereocenters. The summed E-state index contributed by atoms with van der Waals surface area (Å²) in [5.41, 5.74) is 9.52. The first kappa shape index (κ1) is 31.0. The highest BCUT2D eigenvalue weighted by Gasteiger charge is 2.34. The Morgan fingerprint density at radius 3 is 2.50 bits per heavy atom. The van der Waals surface area contributed by atoms with Crippen LogP contribution in [0.4, 0.5) is 17.1 Å². The summed E-state index contributed by atoms with van der Waals surface area (Å²) >= 11 is 0. The molecule has 2 aliphatic rings. The standard InChI is InChI=1S/C34H41N5O5/c1-21-17-39(22(2)20-40)34(43)27-16-26(36-32(41)25-12-13-25)14-15-30(27)44-31(21)19-38(3)18-23-8-10-24(11-9-23)33(42)37-29-7-5-4-6-28(29)35/h4-11,14-16,21-22,25,31,40H,12-13,17-20,35H2,1-3H3,(H,36,41)(H,37,42)/t21-,22+,31+/m1/s1. The predicted octanol–water partition coefficient (Wildman–Crippen LogP) is 4.22. The van der Waals surface area contributed by atoms with Gasteiger partial charge in [-0.3, -0.25) is 19.3 Å². The molecule has 0 spiro atoms. The number of para-hydroxylation sites is 2. The molecule has 0 bridgehead atoms. The number of ether oxygens (including phenoxy) is 1. The Kier molecular flexibility index (Phi) is 9.51. The van der Waals surface area contributed by atoms with Crippen LogP contribution in [0.2, 0.25) is 0 Å². The maximum atomic E-state index is 13.7. The van der Waals surface area contributed by atoms with Crippen LogP contribution in [0.1, 0.15) is 53.0 Å². The van der Waals surface area contributed by atoms with Gasteiger partial charge in [0.15, 0.2) is 0 Å². The minimum absolute atomic E-state index is 0.0331. The van der Waals surface area contributed by atoms with Crippen LogP contribution in [0.5, 0.6) is 5.75 Å². The van der Waals surface area contributed by atoms with Crippen molar-refractivity contribution in [2.75, 3.05) is 43.1 Å². The van der Waals surface area contributed by atoms with E-state index >= 15 is 0 Å². The highest BCUT2D eigenvalue weighted by molar-refractivity contribution is 6.05. The minimum Gasteiger partial charge on any atom is -0.488 e. The number of benzene rings is 3. The van der Waals surface area contributed by atoms with E-state index in [-0.39, 0.29) is 48.3 Å². The fraction of sp³-hybridized carbons (Fsp3) is 0.382. The van der Waals surface area contributed by atoms with Crippen molar-refractivity contribution in [3.05, 3.63) is 83.4 Å². The number of hydrogen-bond donors (Lipinski definition) is 4. The van der Waals surface area contributed by atoms with Gasteiger partial charge in [0.1, 0.15) is 11.9 Å². The van der Waals surface area contributed by atoms with E-state index in [0.29, 0.717) is 53.6 Å². The molecular weight excluding hydrogens is 558 g/mol. The molecule has 3 amide bonds. The Morgan fingerprint density at radius 2 is 1.82 bits per heavy atom. The largest absolute Gasteiger partial charge is 0.488 e. The average Bonchev–Trinajstić information content (AvgIpc) is 3.86. The summed E-state index contributed by atoms with van der Waals surface area (Å²) in [6, 6.07) is 19.4. The average molecular weight is 600 g/mol. The van der Waals surface area contributed by atoms with E-state index in [1.165, 1.54) is 0 Å². The third-order valence-corrected chi connectivity index (χ3v) is 8.25. The lowest BCUT2D eigenvalue weighted by atomic mass is 9.99. The highest BCUT2D eigenvalue weighted by Crippen LogP contribution is 2.33. The quantitative estimate of drug-likeness (QED) is 0.256. The van der Waals surface area contributed by atoms with E-state index in [0.717, 1.165) is 18.4 Å². The predicted molar refractivity (Wildman–Crippen MR) is 171 cm³/mol. The Balaban J connectivity index is 1.28. The summed E-state index contributed by atoms with van der Waals surface area (Å²) in [6.45, 7) is 5.31. The molecule has 0 unspecified atom stereocenters. The van der Waals surface area contributed by atoms with E-state index in [9.17, 15) is 19.5 Å². The molecule has 5 rings (SSSR count). The number of nitrogens with one attached hydrogen (secondary N) is 2. The summed E-state index contributed by atoms with van der Waals surface area (Å²) in [5, 5.41) is 15.7. The number of nitrogen functional groups attached to an aromatic ring is 1. The molecule has 44 heavy (non-hydrogen) atoms. The molecule has 10 heteroatoms. The molecule has 10 nitrogen and oxygen atoms in total. The van der Waals surface area contributed by atoms with E-state index in [1.807, 2.05) is 45.2 Å². The number of aliphatic hydroxyl groups excluding tert-OH is 1. The second-order valence-electron chi connectivity index (χ2n) is 12.0. The van der Waals surface area contributed by atoms with Crippen molar-refractivity contribution in [2.45, 2.75) is 45.4 Å². The minimum atomic E-state index is -0.381. The fourth-order valence-electron chi connectivity index (χ4n) is 5.36. The third-order valence-electron chi connectivity index (χ3n) is 8.25. The third kappa shape index (κ3) is 7.38. The number of rotatable bonds is 10. The Hall–Kier alpha value is -4.41. The number of anilines is 3. The number of amides is 3. The van der Waals surface area contributed by atoms with Gasteiger partial charge in [-0.15, -0.1) is 0 Å². The number of fused-ring (bicyclic) bond motifs is 1. The number of carbonyl (C=O) groups is 3. The fourth-order valence-corrected chi connectivity index (χ4v) is 5.36. The topological polar surface area (TPSA) is 137 Å². The molecule has 1 heterocycles. The Labute approximate surface area is 258 Å². The molecule has 1 aliphatic carbocycles. The smallest absolute Gasteiger partial charge is 0.258 e. The molecular formula is C34H41N5O5. The van der Waals surface area contributed by atoms with Gasteiger partial charge in [-0.25, -0.2) is 0 Å². The van der Waals surface area contributed by atoms with Crippen LogP contribution >= 0.6 is 0 Å². The number of hydrogen-bond acceptors (Lipinski definition) is 7. The number of likely N-dealkylation sites (N-methyl/N-ethyl adjacent to an activating group) is 1. The second-order valence-corrected chi connectivity index (χ2v) is 12.0. The van der Waals surface area contributed by atoms with Crippen molar-refractivity contribution in [2.24, 2.45) is 11.8 Å². The van der Waals surface area contributed by atoms with Crippen molar-refractivity contribution >= 4 is 34.8 Å². The SMILES string of the molecule is C[C@@H]1CN([C@@H](C)CO)C(=O)c2cc(NC(=O)C3CC3)ccc2O[C@H]1CN(C)Cc1ccc(C(=O)Nc2ccccc2N)cc1. The van der Waals surface area contributed by atoms with Crippen molar-refractivity contribution < 1.29 is 24.2 Å². The van der Waals surface area contributed by atoms with Gasteiger partial charge in [0.25, 0.3) is 11.8 Å². The summed E-state index contributed by atoms with van der Waals surface area (Å²) in [4.78, 5) is 42.6. The lowest BCUT2D eigenvalue weighted by molar-refractivity contribution is -0.117. The van der Waals surface area contributed by atoms with Crippen LogP contribution in [-0.4, -0.2) is 71.5 Å². The molecule has 232 valence electrons. The second kappa shape index (κ2) is 13.5. The molecule has 0 aromatic heterocycles. The number of carbonyl (C=O) groups excluding carboxylic acids is 3. The number of nitrogens with two attached hydrogens (primary N) is 1. The van der Waals surface area contributed by atoms with Gasteiger partial charge in [-0.05, 0) is 74.8 Å².